The Morgan fingerprint density at radius 2 is 1.67 bits per heavy atom. The Bertz CT molecular complexity index is 1090. The Hall–Kier alpha value is -3.16. The molecule has 0 atom stereocenters. The van der Waals surface area contributed by atoms with Crippen molar-refractivity contribution in [3.63, 3.8) is 0 Å². The lowest BCUT2D eigenvalue weighted by Gasteiger charge is -2.28. The first kappa shape index (κ1) is 23.0. The van der Waals surface area contributed by atoms with Crippen LogP contribution in [0, 0.1) is 0 Å². The molecule has 33 heavy (non-hydrogen) atoms. The van der Waals surface area contributed by atoms with Crippen LogP contribution in [0.5, 0.6) is 0 Å². The lowest BCUT2D eigenvalue weighted by atomic mass is 10.1. The molecule has 0 spiro atoms. The average Bonchev–Trinajstić information content (AvgIpc) is 3.32. The van der Waals surface area contributed by atoms with Gasteiger partial charge in [0, 0.05) is 43.0 Å². The lowest BCUT2D eigenvalue weighted by Crippen LogP contribution is -2.35. The van der Waals surface area contributed by atoms with Crippen LogP contribution in [0.25, 0.3) is 11.1 Å². The second-order valence-corrected chi connectivity index (χ2v) is 8.83. The summed E-state index contributed by atoms with van der Waals surface area (Å²) in [5.74, 6) is -0.154. The Morgan fingerprint density at radius 3 is 2.30 bits per heavy atom. The van der Waals surface area contributed by atoms with E-state index in [0.29, 0.717) is 42.4 Å². The van der Waals surface area contributed by atoms with E-state index in [1.54, 1.807) is 29.2 Å². The van der Waals surface area contributed by atoms with Gasteiger partial charge in [0.15, 0.2) is 0 Å². The van der Waals surface area contributed by atoms with Crippen LogP contribution in [-0.4, -0.2) is 56.1 Å². The maximum Gasteiger partial charge on any atom is 0.265 e. The highest BCUT2D eigenvalue weighted by molar-refractivity contribution is 7.18. The van der Waals surface area contributed by atoms with Crippen LogP contribution >= 0.6 is 11.3 Å². The minimum atomic E-state index is -0.153. The number of amides is 2. The molecule has 0 saturated carbocycles. The van der Waals surface area contributed by atoms with Crippen molar-refractivity contribution in [2.24, 2.45) is 0 Å². The van der Waals surface area contributed by atoms with E-state index in [0.717, 1.165) is 29.2 Å². The van der Waals surface area contributed by atoms with E-state index in [4.69, 9.17) is 4.74 Å². The van der Waals surface area contributed by atoms with Crippen molar-refractivity contribution in [1.29, 1.82) is 0 Å². The number of ether oxygens (including phenoxy) is 1. The number of nitrogens with zero attached hydrogens (tertiary/aromatic N) is 2. The summed E-state index contributed by atoms with van der Waals surface area (Å²) in [6.07, 6.45) is 0. The van der Waals surface area contributed by atoms with E-state index in [1.807, 2.05) is 38.1 Å². The summed E-state index contributed by atoms with van der Waals surface area (Å²) in [6.45, 7) is 8.26. The molecule has 6 nitrogen and oxygen atoms in total. The van der Waals surface area contributed by atoms with E-state index in [2.05, 4.69) is 22.3 Å². The Morgan fingerprint density at radius 1 is 1.00 bits per heavy atom. The molecule has 0 unspecified atom stereocenters. The van der Waals surface area contributed by atoms with Crippen LogP contribution < -0.4 is 10.2 Å². The molecule has 2 amide bonds. The van der Waals surface area contributed by atoms with Gasteiger partial charge in [0.25, 0.3) is 11.8 Å². The standard InChI is InChI=1S/C26H29N3O3S/c1-3-28(4-2)25(31)20-10-12-21(13-11-20)27-24(30)23-18-22(19-8-6-5-7-9-19)26(33-23)29-14-16-32-17-15-29/h5-13,18H,3-4,14-17H2,1-2H3,(H,27,30). The number of carbonyl (C=O) groups is 2. The third-order valence-electron chi connectivity index (χ3n) is 5.76. The molecule has 1 aliphatic rings. The van der Waals surface area contributed by atoms with Gasteiger partial charge in [-0.1, -0.05) is 30.3 Å². The zero-order valence-corrected chi connectivity index (χ0v) is 19.9. The number of benzene rings is 2. The summed E-state index contributed by atoms with van der Waals surface area (Å²) in [7, 11) is 0. The number of morpholine rings is 1. The highest BCUT2D eigenvalue weighted by Gasteiger charge is 2.22. The van der Waals surface area contributed by atoms with Gasteiger partial charge >= 0.3 is 0 Å². The highest BCUT2D eigenvalue weighted by atomic mass is 32.1. The maximum absolute atomic E-state index is 13.1. The number of hydrogen-bond donors (Lipinski definition) is 1. The van der Waals surface area contributed by atoms with E-state index in [1.165, 1.54) is 11.3 Å². The van der Waals surface area contributed by atoms with Crippen molar-refractivity contribution in [1.82, 2.24) is 4.90 Å². The van der Waals surface area contributed by atoms with Crippen LogP contribution in [0.3, 0.4) is 0 Å². The van der Waals surface area contributed by atoms with E-state index < -0.39 is 0 Å². The first-order chi connectivity index (χ1) is 16.1. The molecule has 1 N–H and O–H groups in total. The fourth-order valence-electron chi connectivity index (χ4n) is 3.90. The third-order valence-corrected chi connectivity index (χ3v) is 6.95. The van der Waals surface area contributed by atoms with Gasteiger partial charge in [-0.3, -0.25) is 9.59 Å². The fourth-order valence-corrected chi connectivity index (χ4v) is 5.03. The van der Waals surface area contributed by atoms with Crippen LogP contribution in [0.15, 0.2) is 60.7 Å². The second kappa shape index (κ2) is 10.6. The molecular formula is C26H29N3O3S. The molecule has 0 aliphatic carbocycles. The molecule has 0 bridgehead atoms. The van der Waals surface area contributed by atoms with E-state index in [-0.39, 0.29) is 11.8 Å². The summed E-state index contributed by atoms with van der Waals surface area (Å²) in [4.78, 5) is 30.3. The molecule has 7 heteroatoms. The minimum Gasteiger partial charge on any atom is -0.378 e. The monoisotopic (exact) mass is 463 g/mol. The number of nitrogens with one attached hydrogen (secondary N) is 1. The van der Waals surface area contributed by atoms with Gasteiger partial charge in [0.1, 0.15) is 0 Å². The first-order valence-electron chi connectivity index (χ1n) is 11.3. The molecule has 2 heterocycles. The molecule has 2 aromatic carbocycles. The highest BCUT2D eigenvalue weighted by Crippen LogP contribution is 2.39. The normalized spacial score (nSPS) is 13.6. The molecule has 172 valence electrons. The molecule has 1 aromatic heterocycles. The molecule has 0 radical (unpaired) electrons. The van der Waals surface area contributed by atoms with Crippen molar-refractivity contribution < 1.29 is 14.3 Å². The Kier molecular flexibility index (Phi) is 7.42. The summed E-state index contributed by atoms with van der Waals surface area (Å²) in [6, 6.07) is 19.2. The topological polar surface area (TPSA) is 61.9 Å². The van der Waals surface area contributed by atoms with Crippen LogP contribution in [0.2, 0.25) is 0 Å². The molecule has 1 saturated heterocycles. The fraction of sp³-hybridized carbons (Fsp3) is 0.308. The van der Waals surface area contributed by atoms with Crippen LogP contribution in [0.1, 0.15) is 33.9 Å². The molecule has 1 aliphatic heterocycles. The van der Waals surface area contributed by atoms with Crippen LogP contribution in [-0.2, 0) is 4.74 Å². The van der Waals surface area contributed by atoms with Gasteiger partial charge < -0.3 is 19.9 Å². The lowest BCUT2D eigenvalue weighted by molar-refractivity contribution is 0.0773. The summed E-state index contributed by atoms with van der Waals surface area (Å²) >= 11 is 1.50. The molecule has 3 aromatic rings. The van der Waals surface area contributed by atoms with Gasteiger partial charge in [-0.2, -0.15) is 0 Å². The zero-order valence-electron chi connectivity index (χ0n) is 19.0. The summed E-state index contributed by atoms with van der Waals surface area (Å²) in [5.41, 5.74) is 3.44. The van der Waals surface area contributed by atoms with Gasteiger partial charge in [0.05, 0.1) is 23.1 Å². The van der Waals surface area contributed by atoms with Crippen molar-refractivity contribution in [3.8, 4) is 11.1 Å². The quantitative estimate of drug-likeness (QED) is 0.536. The number of thiophene rings is 1. The second-order valence-electron chi connectivity index (χ2n) is 7.80. The zero-order chi connectivity index (χ0) is 23.2. The predicted molar refractivity (Wildman–Crippen MR) is 134 cm³/mol. The first-order valence-corrected chi connectivity index (χ1v) is 12.1. The van der Waals surface area contributed by atoms with E-state index in [9.17, 15) is 9.59 Å². The number of hydrogen-bond acceptors (Lipinski definition) is 5. The third kappa shape index (κ3) is 5.26. The number of anilines is 2. The van der Waals surface area contributed by atoms with Gasteiger partial charge in [-0.25, -0.2) is 0 Å². The Balaban J connectivity index is 1.54. The van der Waals surface area contributed by atoms with Crippen LogP contribution in [0.4, 0.5) is 10.7 Å². The summed E-state index contributed by atoms with van der Waals surface area (Å²) < 4.78 is 5.51. The van der Waals surface area contributed by atoms with Gasteiger partial charge in [-0.05, 0) is 49.7 Å². The summed E-state index contributed by atoms with van der Waals surface area (Å²) in [5, 5.41) is 4.07. The van der Waals surface area contributed by atoms with Gasteiger partial charge in [-0.15, -0.1) is 11.3 Å². The minimum absolute atomic E-state index is 0.00112. The SMILES string of the molecule is CCN(CC)C(=O)c1ccc(NC(=O)c2cc(-c3ccccc3)c(N3CCOCC3)s2)cc1. The number of carbonyl (C=O) groups excluding carboxylic acids is 2. The van der Waals surface area contributed by atoms with Crippen molar-refractivity contribution in [3.05, 3.63) is 71.1 Å². The van der Waals surface area contributed by atoms with Crippen molar-refractivity contribution in [2.45, 2.75) is 13.8 Å². The number of rotatable bonds is 7. The van der Waals surface area contributed by atoms with Crippen molar-refractivity contribution in [2.75, 3.05) is 49.6 Å². The van der Waals surface area contributed by atoms with Crippen molar-refractivity contribution >= 4 is 33.8 Å². The Labute approximate surface area is 198 Å². The van der Waals surface area contributed by atoms with Gasteiger partial charge in [0.2, 0.25) is 0 Å². The average molecular weight is 464 g/mol. The largest absolute Gasteiger partial charge is 0.378 e. The maximum atomic E-state index is 13.1. The molecule has 4 rings (SSSR count). The van der Waals surface area contributed by atoms with E-state index >= 15 is 0 Å². The molecule has 1 fully saturated rings. The smallest absolute Gasteiger partial charge is 0.265 e. The predicted octanol–water partition coefficient (Wildman–Crippen LogP) is 4.99. The molecular weight excluding hydrogens is 434 g/mol.